The number of hydrogen-bond donors (Lipinski definition) is 0. The third kappa shape index (κ3) is 2.05. The minimum atomic E-state index is 0.397. The summed E-state index contributed by atoms with van der Waals surface area (Å²) in [6, 6.07) is 2.12. The van der Waals surface area contributed by atoms with Crippen LogP contribution in [-0.4, -0.2) is 10.3 Å². The van der Waals surface area contributed by atoms with Gasteiger partial charge in [-0.05, 0) is 42.3 Å². The number of halogens is 1. The average Bonchev–Trinajstić information content (AvgIpc) is 2.77. The van der Waals surface area contributed by atoms with Crippen molar-refractivity contribution in [1.29, 1.82) is 0 Å². The topological polar surface area (TPSA) is 12.9 Å². The Labute approximate surface area is 88.3 Å². The Kier molecular flexibility index (Phi) is 2.89. The van der Waals surface area contributed by atoms with Crippen LogP contribution in [0.3, 0.4) is 0 Å². The summed E-state index contributed by atoms with van der Waals surface area (Å²) in [6.45, 7) is 0. The molecule has 72 valence electrons. The second kappa shape index (κ2) is 3.97. The van der Waals surface area contributed by atoms with Gasteiger partial charge in [-0.25, -0.2) is 4.37 Å². The molecule has 1 aliphatic rings. The SMILES string of the molecule is ClCC1(Cc2ccns2)CCCC1. The van der Waals surface area contributed by atoms with Crippen molar-refractivity contribution in [3.8, 4) is 0 Å². The molecule has 0 saturated heterocycles. The molecule has 0 amide bonds. The van der Waals surface area contributed by atoms with E-state index in [4.69, 9.17) is 11.6 Å². The van der Waals surface area contributed by atoms with Crippen LogP contribution < -0.4 is 0 Å². The Morgan fingerprint density at radius 1 is 1.46 bits per heavy atom. The Bertz CT molecular complexity index is 252. The first-order chi connectivity index (χ1) is 6.35. The molecule has 0 N–H and O–H groups in total. The minimum Gasteiger partial charge on any atom is -0.201 e. The van der Waals surface area contributed by atoms with Gasteiger partial charge >= 0.3 is 0 Å². The molecule has 0 atom stereocenters. The fourth-order valence-electron chi connectivity index (χ4n) is 2.19. The van der Waals surface area contributed by atoms with Crippen LogP contribution in [-0.2, 0) is 6.42 Å². The van der Waals surface area contributed by atoms with Gasteiger partial charge in [0.25, 0.3) is 0 Å². The smallest absolute Gasteiger partial charge is 0.0409 e. The normalized spacial score (nSPS) is 20.7. The molecule has 0 aliphatic heterocycles. The standard InChI is InChI=1S/C10H14ClNS/c11-8-10(4-1-2-5-10)7-9-3-6-12-13-9/h3,6H,1-2,4-5,7-8H2. The maximum absolute atomic E-state index is 6.07. The van der Waals surface area contributed by atoms with Crippen molar-refractivity contribution in [1.82, 2.24) is 4.37 Å². The molecular weight excluding hydrogens is 202 g/mol. The summed E-state index contributed by atoms with van der Waals surface area (Å²) in [5.74, 6) is 0.810. The summed E-state index contributed by atoms with van der Waals surface area (Å²) in [5, 5.41) is 0. The van der Waals surface area contributed by atoms with Gasteiger partial charge in [-0.2, -0.15) is 0 Å². The fraction of sp³-hybridized carbons (Fsp3) is 0.700. The summed E-state index contributed by atoms with van der Waals surface area (Å²) in [6.07, 6.45) is 8.33. The zero-order chi connectivity index (χ0) is 9.15. The Balaban J connectivity index is 2.06. The molecule has 0 unspecified atom stereocenters. The molecule has 1 aromatic heterocycles. The highest BCUT2D eigenvalue weighted by molar-refractivity contribution is 7.05. The molecule has 0 aromatic carbocycles. The first kappa shape index (κ1) is 9.47. The van der Waals surface area contributed by atoms with E-state index in [1.54, 1.807) is 11.5 Å². The lowest BCUT2D eigenvalue weighted by molar-refractivity contribution is 0.343. The molecule has 0 radical (unpaired) electrons. The highest BCUT2D eigenvalue weighted by Crippen LogP contribution is 2.42. The first-order valence-corrected chi connectivity index (χ1v) is 6.11. The van der Waals surface area contributed by atoms with Crippen molar-refractivity contribution in [2.75, 3.05) is 5.88 Å². The highest BCUT2D eigenvalue weighted by Gasteiger charge is 2.33. The summed E-state index contributed by atoms with van der Waals surface area (Å²) in [5.41, 5.74) is 0.397. The van der Waals surface area contributed by atoms with E-state index in [2.05, 4.69) is 10.4 Å². The van der Waals surface area contributed by atoms with Crippen molar-refractivity contribution in [3.05, 3.63) is 17.1 Å². The quantitative estimate of drug-likeness (QED) is 0.704. The van der Waals surface area contributed by atoms with Crippen LogP contribution in [0.4, 0.5) is 0 Å². The van der Waals surface area contributed by atoms with Gasteiger partial charge in [0.2, 0.25) is 0 Å². The average molecular weight is 216 g/mol. The van der Waals surface area contributed by atoms with Crippen LogP contribution in [0.1, 0.15) is 30.6 Å². The maximum atomic E-state index is 6.07. The van der Waals surface area contributed by atoms with E-state index >= 15 is 0 Å². The zero-order valence-corrected chi connectivity index (χ0v) is 9.20. The number of alkyl halides is 1. The van der Waals surface area contributed by atoms with Crippen LogP contribution >= 0.6 is 23.1 Å². The number of aromatic nitrogens is 1. The van der Waals surface area contributed by atoms with E-state index in [1.165, 1.54) is 30.6 Å². The van der Waals surface area contributed by atoms with Gasteiger partial charge in [0, 0.05) is 17.0 Å². The van der Waals surface area contributed by atoms with Gasteiger partial charge < -0.3 is 0 Å². The van der Waals surface area contributed by atoms with Gasteiger partial charge in [-0.1, -0.05) is 12.8 Å². The molecule has 0 bridgehead atoms. The largest absolute Gasteiger partial charge is 0.201 e. The second-order valence-corrected chi connectivity index (χ2v) is 5.18. The predicted octanol–water partition coefficient (Wildman–Crippen LogP) is 3.48. The highest BCUT2D eigenvalue weighted by atomic mass is 35.5. The van der Waals surface area contributed by atoms with Gasteiger partial charge in [-0.3, -0.25) is 0 Å². The van der Waals surface area contributed by atoms with Crippen LogP contribution in [0.15, 0.2) is 12.3 Å². The molecule has 1 fully saturated rings. The van der Waals surface area contributed by atoms with Crippen molar-refractivity contribution < 1.29 is 0 Å². The van der Waals surface area contributed by atoms with Gasteiger partial charge in [0.15, 0.2) is 0 Å². The summed E-state index contributed by atoms with van der Waals surface area (Å²) >= 11 is 7.68. The van der Waals surface area contributed by atoms with Crippen molar-refractivity contribution >= 4 is 23.1 Å². The third-order valence-electron chi connectivity index (χ3n) is 2.99. The number of rotatable bonds is 3. The van der Waals surface area contributed by atoms with E-state index in [1.807, 2.05) is 6.20 Å². The summed E-state index contributed by atoms with van der Waals surface area (Å²) in [4.78, 5) is 1.39. The summed E-state index contributed by atoms with van der Waals surface area (Å²) < 4.78 is 4.13. The van der Waals surface area contributed by atoms with Crippen LogP contribution in [0, 0.1) is 5.41 Å². The van der Waals surface area contributed by atoms with Crippen molar-refractivity contribution in [2.45, 2.75) is 32.1 Å². The fourth-order valence-corrected chi connectivity index (χ4v) is 3.30. The molecular formula is C10H14ClNS. The van der Waals surface area contributed by atoms with Crippen LogP contribution in [0.5, 0.6) is 0 Å². The Morgan fingerprint density at radius 3 is 2.77 bits per heavy atom. The second-order valence-electron chi connectivity index (χ2n) is 4.00. The lowest BCUT2D eigenvalue weighted by atomic mass is 9.84. The molecule has 1 heterocycles. The Hall–Kier alpha value is -0.0800. The molecule has 1 aliphatic carbocycles. The summed E-state index contributed by atoms with van der Waals surface area (Å²) in [7, 11) is 0. The number of hydrogen-bond acceptors (Lipinski definition) is 2. The van der Waals surface area contributed by atoms with E-state index in [9.17, 15) is 0 Å². The predicted molar refractivity (Wildman–Crippen MR) is 57.4 cm³/mol. The molecule has 2 rings (SSSR count). The van der Waals surface area contributed by atoms with Crippen molar-refractivity contribution in [3.63, 3.8) is 0 Å². The molecule has 0 spiro atoms. The lowest BCUT2D eigenvalue weighted by Gasteiger charge is -2.24. The van der Waals surface area contributed by atoms with Crippen molar-refractivity contribution in [2.24, 2.45) is 5.41 Å². The molecule has 1 saturated carbocycles. The molecule has 13 heavy (non-hydrogen) atoms. The molecule has 1 nitrogen and oxygen atoms in total. The van der Waals surface area contributed by atoms with E-state index in [-0.39, 0.29) is 0 Å². The van der Waals surface area contributed by atoms with E-state index < -0.39 is 0 Å². The van der Waals surface area contributed by atoms with E-state index in [0.717, 1.165) is 12.3 Å². The van der Waals surface area contributed by atoms with Crippen LogP contribution in [0.2, 0.25) is 0 Å². The molecule has 1 aromatic rings. The van der Waals surface area contributed by atoms with Gasteiger partial charge in [0.05, 0.1) is 0 Å². The lowest BCUT2D eigenvalue weighted by Crippen LogP contribution is -2.21. The third-order valence-corrected chi connectivity index (χ3v) is 4.30. The zero-order valence-electron chi connectivity index (χ0n) is 7.63. The van der Waals surface area contributed by atoms with E-state index in [0.29, 0.717) is 5.41 Å². The van der Waals surface area contributed by atoms with Gasteiger partial charge in [0.1, 0.15) is 0 Å². The monoisotopic (exact) mass is 215 g/mol. The maximum Gasteiger partial charge on any atom is 0.0409 e. The first-order valence-electron chi connectivity index (χ1n) is 4.80. The molecule has 3 heteroatoms. The van der Waals surface area contributed by atoms with Crippen LogP contribution in [0.25, 0.3) is 0 Å². The minimum absolute atomic E-state index is 0.397. The Morgan fingerprint density at radius 2 is 2.23 bits per heavy atom. The number of nitrogens with zero attached hydrogens (tertiary/aromatic N) is 1. The van der Waals surface area contributed by atoms with Gasteiger partial charge in [-0.15, -0.1) is 11.6 Å².